The molecule has 1 saturated heterocycles. The van der Waals surface area contributed by atoms with E-state index in [1.165, 1.54) is 6.07 Å². The minimum atomic E-state index is -1.04. The summed E-state index contributed by atoms with van der Waals surface area (Å²) >= 11 is 0. The topological polar surface area (TPSA) is 139 Å². The lowest BCUT2D eigenvalue weighted by atomic mass is 10.0. The first-order valence-electron chi connectivity index (χ1n) is 9.28. The predicted molar refractivity (Wildman–Crippen MR) is 107 cm³/mol. The molecule has 29 heavy (non-hydrogen) atoms. The Morgan fingerprint density at radius 3 is 2.59 bits per heavy atom. The highest BCUT2D eigenvalue weighted by atomic mass is 35.5. The van der Waals surface area contributed by atoms with Crippen molar-refractivity contribution in [2.45, 2.75) is 44.6 Å². The van der Waals surface area contributed by atoms with Crippen LogP contribution in [0.5, 0.6) is 0 Å². The van der Waals surface area contributed by atoms with Gasteiger partial charge in [0.25, 0.3) is 11.8 Å². The lowest BCUT2D eigenvalue weighted by Gasteiger charge is -2.27. The van der Waals surface area contributed by atoms with E-state index in [0.717, 1.165) is 17.7 Å². The van der Waals surface area contributed by atoms with Crippen molar-refractivity contribution in [3.05, 3.63) is 29.3 Å². The molecule has 4 N–H and O–H groups in total. The molecule has 3 rings (SSSR count). The van der Waals surface area contributed by atoms with Gasteiger partial charge >= 0.3 is 0 Å². The first-order chi connectivity index (χ1) is 13.4. The van der Waals surface area contributed by atoms with Gasteiger partial charge in [0.2, 0.25) is 17.7 Å². The minimum absolute atomic E-state index is 0. The number of rotatable bonds is 7. The molecular weight excluding hydrogens is 400 g/mol. The number of nitrogens with two attached hydrogens (primary N) is 1. The number of piperidine rings is 1. The molecule has 156 valence electrons. The lowest BCUT2D eigenvalue weighted by molar-refractivity contribution is -0.136. The predicted octanol–water partition coefficient (Wildman–Crippen LogP) is 0.967. The summed E-state index contributed by atoms with van der Waals surface area (Å²) in [5.41, 5.74) is 5.89. The van der Waals surface area contributed by atoms with Gasteiger partial charge in [-0.3, -0.25) is 34.2 Å². The third kappa shape index (κ3) is 4.63. The summed E-state index contributed by atoms with van der Waals surface area (Å²) in [5, 5.41) is 4.84. The van der Waals surface area contributed by atoms with Crippen molar-refractivity contribution in [3.63, 3.8) is 0 Å². The Morgan fingerprint density at radius 2 is 1.90 bits per heavy atom. The number of benzene rings is 1. The van der Waals surface area contributed by atoms with E-state index in [4.69, 9.17) is 5.73 Å². The summed E-state index contributed by atoms with van der Waals surface area (Å²) in [6.07, 6.45) is 2.75. The monoisotopic (exact) mass is 422 g/mol. The highest BCUT2D eigenvalue weighted by Gasteiger charge is 2.45. The van der Waals surface area contributed by atoms with Gasteiger partial charge in [0.05, 0.1) is 16.8 Å². The first kappa shape index (κ1) is 22.5. The summed E-state index contributed by atoms with van der Waals surface area (Å²) in [6.45, 7) is 0.570. The number of anilines is 1. The Morgan fingerprint density at radius 1 is 1.14 bits per heavy atom. The molecule has 2 aliphatic heterocycles. The second-order valence-electron chi connectivity index (χ2n) is 6.82. The number of nitrogens with zero attached hydrogens (tertiary/aromatic N) is 1. The van der Waals surface area contributed by atoms with Gasteiger partial charge < -0.3 is 11.1 Å². The van der Waals surface area contributed by atoms with E-state index in [1.54, 1.807) is 12.1 Å². The van der Waals surface area contributed by atoms with Gasteiger partial charge in [-0.15, -0.1) is 12.4 Å². The van der Waals surface area contributed by atoms with Gasteiger partial charge in [-0.2, -0.15) is 0 Å². The van der Waals surface area contributed by atoms with Crippen molar-refractivity contribution < 1.29 is 24.0 Å². The van der Waals surface area contributed by atoms with Crippen molar-refractivity contribution in [2.24, 2.45) is 5.73 Å². The van der Waals surface area contributed by atoms with E-state index in [-0.39, 0.29) is 54.4 Å². The number of fused-ring (bicyclic) bond motifs is 1. The van der Waals surface area contributed by atoms with Gasteiger partial charge in [-0.05, 0) is 37.9 Å². The molecule has 1 aromatic carbocycles. The second-order valence-corrected chi connectivity index (χ2v) is 6.82. The Kier molecular flexibility index (Phi) is 7.46. The van der Waals surface area contributed by atoms with Crippen LogP contribution in [0, 0.1) is 0 Å². The van der Waals surface area contributed by atoms with Crippen LogP contribution in [0.25, 0.3) is 0 Å². The van der Waals surface area contributed by atoms with Crippen LogP contribution >= 0.6 is 12.4 Å². The number of carbonyl (C=O) groups is 5. The van der Waals surface area contributed by atoms with E-state index in [9.17, 15) is 24.0 Å². The molecule has 1 atom stereocenters. The van der Waals surface area contributed by atoms with E-state index in [1.807, 2.05) is 0 Å². The summed E-state index contributed by atoms with van der Waals surface area (Å²) in [6, 6.07) is 3.57. The molecule has 0 saturated carbocycles. The van der Waals surface area contributed by atoms with E-state index >= 15 is 0 Å². The molecule has 0 spiro atoms. The van der Waals surface area contributed by atoms with Crippen molar-refractivity contribution in [2.75, 3.05) is 11.9 Å². The van der Waals surface area contributed by atoms with Crippen molar-refractivity contribution in [1.29, 1.82) is 0 Å². The van der Waals surface area contributed by atoms with Crippen LogP contribution in [0.2, 0.25) is 0 Å². The zero-order valence-corrected chi connectivity index (χ0v) is 16.5. The maximum Gasteiger partial charge on any atom is 0.264 e. The number of halogens is 1. The van der Waals surface area contributed by atoms with Gasteiger partial charge in [-0.1, -0.05) is 12.5 Å². The maximum atomic E-state index is 12.9. The molecule has 1 unspecified atom stereocenters. The van der Waals surface area contributed by atoms with Crippen molar-refractivity contribution >= 4 is 47.6 Å². The molecule has 0 aromatic heterocycles. The normalized spacial score (nSPS) is 18.2. The quantitative estimate of drug-likeness (QED) is 0.442. The molecule has 0 radical (unpaired) electrons. The fourth-order valence-electron chi connectivity index (χ4n) is 3.44. The fourth-order valence-corrected chi connectivity index (χ4v) is 3.44. The Hall–Kier alpha value is -2.78. The summed E-state index contributed by atoms with van der Waals surface area (Å²) in [4.78, 5) is 62.2. The van der Waals surface area contributed by atoms with Crippen LogP contribution in [0.3, 0.4) is 0 Å². The SMILES string of the molecule is Cl.NCCCCCC(=O)Nc1cccc2c1C(=O)N(C1CCC(=O)NC1=O)C2=O. The molecular formula is C19H23ClN4O5. The summed E-state index contributed by atoms with van der Waals surface area (Å²) < 4.78 is 0. The highest BCUT2D eigenvalue weighted by Crippen LogP contribution is 2.32. The number of imide groups is 2. The average molecular weight is 423 g/mol. The highest BCUT2D eigenvalue weighted by molar-refractivity contribution is 6.26. The molecule has 5 amide bonds. The number of nitrogens with one attached hydrogen (secondary N) is 2. The summed E-state index contributed by atoms with van der Waals surface area (Å²) in [5.74, 6) is -2.61. The van der Waals surface area contributed by atoms with Crippen LogP contribution in [0.1, 0.15) is 59.2 Å². The molecule has 0 bridgehead atoms. The van der Waals surface area contributed by atoms with Crippen molar-refractivity contribution in [1.82, 2.24) is 10.2 Å². The largest absolute Gasteiger partial charge is 0.330 e. The Bertz CT molecular complexity index is 857. The van der Waals surface area contributed by atoms with Gasteiger partial charge in [0.15, 0.2) is 0 Å². The van der Waals surface area contributed by atoms with E-state index in [0.29, 0.717) is 13.0 Å². The first-order valence-corrected chi connectivity index (χ1v) is 9.28. The zero-order chi connectivity index (χ0) is 20.3. The third-order valence-corrected chi connectivity index (χ3v) is 4.85. The van der Waals surface area contributed by atoms with Crippen LogP contribution in [0.4, 0.5) is 5.69 Å². The van der Waals surface area contributed by atoms with Gasteiger partial charge in [-0.25, -0.2) is 0 Å². The number of amides is 5. The molecule has 1 fully saturated rings. The third-order valence-electron chi connectivity index (χ3n) is 4.85. The van der Waals surface area contributed by atoms with Crippen LogP contribution in [-0.2, 0) is 14.4 Å². The van der Waals surface area contributed by atoms with Gasteiger partial charge in [0, 0.05) is 12.8 Å². The van der Waals surface area contributed by atoms with Crippen LogP contribution in [0.15, 0.2) is 18.2 Å². The molecule has 0 aliphatic carbocycles. The van der Waals surface area contributed by atoms with Crippen LogP contribution in [-0.4, -0.2) is 47.0 Å². The van der Waals surface area contributed by atoms with E-state index < -0.39 is 29.7 Å². The maximum absolute atomic E-state index is 12.9. The number of hydrogen-bond donors (Lipinski definition) is 3. The minimum Gasteiger partial charge on any atom is -0.330 e. The number of unbranched alkanes of at least 4 members (excludes halogenated alkanes) is 2. The lowest BCUT2D eigenvalue weighted by Crippen LogP contribution is -2.54. The fraction of sp³-hybridized carbons (Fsp3) is 0.421. The molecule has 10 heteroatoms. The Labute approximate surface area is 173 Å². The number of hydrogen-bond acceptors (Lipinski definition) is 6. The molecule has 1 aromatic rings. The van der Waals surface area contributed by atoms with E-state index in [2.05, 4.69) is 10.6 Å². The second kappa shape index (κ2) is 9.62. The number of carbonyl (C=O) groups excluding carboxylic acids is 5. The smallest absolute Gasteiger partial charge is 0.264 e. The average Bonchev–Trinajstić information content (AvgIpc) is 2.91. The Balaban J connectivity index is 0.00000300. The van der Waals surface area contributed by atoms with Gasteiger partial charge in [0.1, 0.15) is 6.04 Å². The molecule has 9 nitrogen and oxygen atoms in total. The standard InChI is InChI=1S/C19H22N4O5.ClH/c20-10-3-1-2-7-14(24)21-12-6-4-5-11-16(12)19(28)23(18(11)27)13-8-9-15(25)22-17(13)26;/h4-6,13H,1-3,7-10,20H2,(H,21,24)(H,22,25,26);1H. The molecule has 2 aliphatic rings. The van der Waals surface area contributed by atoms with Crippen molar-refractivity contribution in [3.8, 4) is 0 Å². The van der Waals surface area contributed by atoms with Crippen LogP contribution < -0.4 is 16.4 Å². The summed E-state index contributed by atoms with van der Waals surface area (Å²) in [7, 11) is 0. The molecule has 2 heterocycles. The zero-order valence-electron chi connectivity index (χ0n) is 15.7.